The molecule has 9 heteroatoms. The summed E-state index contributed by atoms with van der Waals surface area (Å²) >= 11 is 1.19. The van der Waals surface area contributed by atoms with Gasteiger partial charge in [0, 0.05) is 12.6 Å². The molecule has 0 atom stereocenters. The van der Waals surface area contributed by atoms with Gasteiger partial charge in [-0.2, -0.15) is 0 Å². The van der Waals surface area contributed by atoms with Crippen molar-refractivity contribution in [2.24, 2.45) is 5.73 Å². The number of carbonyl (C=O) groups is 2. The summed E-state index contributed by atoms with van der Waals surface area (Å²) in [7, 11) is 0. The lowest BCUT2D eigenvalue weighted by molar-refractivity contribution is -0.122. The Morgan fingerprint density at radius 3 is 2.75 bits per heavy atom. The summed E-state index contributed by atoms with van der Waals surface area (Å²) in [4.78, 5) is 26.7. The summed E-state index contributed by atoms with van der Waals surface area (Å²) in [5, 5.41) is 6.31. The molecule has 0 aliphatic rings. The minimum Gasteiger partial charge on any atom is -0.382 e. The van der Waals surface area contributed by atoms with Gasteiger partial charge < -0.3 is 26.8 Å². The van der Waals surface area contributed by atoms with Gasteiger partial charge in [-0.25, -0.2) is 4.98 Å². The lowest BCUT2D eigenvalue weighted by Gasteiger charge is -2.04. The molecule has 0 bridgehead atoms. The molecule has 0 saturated heterocycles. The monoisotopic (exact) mass is 301 g/mol. The molecular weight excluding hydrogens is 282 g/mol. The highest BCUT2D eigenvalue weighted by Crippen LogP contribution is 2.25. The maximum atomic E-state index is 11.9. The van der Waals surface area contributed by atoms with E-state index in [-0.39, 0.29) is 37.5 Å². The molecule has 1 aromatic rings. The third-order valence-electron chi connectivity index (χ3n) is 2.05. The Bertz CT molecular complexity index is 475. The number of primary amides is 1. The molecule has 0 aliphatic heterocycles. The van der Waals surface area contributed by atoms with E-state index >= 15 is 0 Å². The number of anilines is 2. The van der Waals surface area contributed by atoms with Gasteiger partial charge in [-0.3, -0.25) is 9.59 Å². The number of thiazole rings is 1. The second-order valence-corrected chi connectivity index (χ2v) is 5.31. The van der Waals surface area contributed by atoms with Gasteiger partial charge in [-0.05, 0) is 13.8 Å². The molecule has 0 saturated carbocycles. The van der Waals surface area contributed by atoms with E-state index in [0.717, 1.165) is 0 Å². The maximum Gasteiger partial charge on any atom is 0.265 e. The molecule has 112 valence electrons. The van der Waals surface area contributed by atoms with Gasteiger partial charge in [0.15, 0.2) is 5.13 Å². The van der Waals surface area contributed by atoms with E-state index in [9.17, 15) is 9.59 Å². The number of rotatable bonds is 8. The van der Waals surface area contributed by atoms with E-state index in [2.05, 4.69) is 15.6 Å². The summed E-state index contributed by atoms with van der Waals surface area (Å²) in [6.45, 7) is 4.22. The summed E-state index contributed by atoms with van der Waals surface area (Å²) in [5.74, 6) is -0.680. The van der Waals surface area contributed by atoms with Crippen molar-refractivity contribution in [3.8, 4) is 0 Å². The molecule has 0 spiro atoms. The molecule has 0 aromatic carbocycles. The van der Waals surface area contributed by atoms with Crippen LogP contribution in [0.1, 0.15) is 23.5 Å². The molecule has 20 heavy (non-hydrogen) atoms. The van der Waals surface area contributed by atoms with Crippen molar-refractivity contribution < 1.29 is 14.3 Å². The number of hydrogen-bond acceptors (Lipinski definition) is 7. The average molecular weight is 301 g/mol. The van der Waals surface area contributed by atoms with Crippen molar-refractivity contribution in [3.05, 3.63) is 4.88 Å². The van der Waals surface area contributed by atoms with Crippen LogP contribution in [0.4, 0.5) is 10.9 Å². The topological polar surface area (TPSA) is 132 Å². The van der Waals surface area contributed by atoms with E-state index in [4.69, 9.17) is 16.2 Å². The SMILES string of the molecule is CC(C)Nc1nc(N)c(C(=O)NCCOCC(N)=O)s1. The fraction of sp³-hybridized carbons (Fsp3) is 0.545. The Hall–Kier alpha value is -1.87. The number of nitrogen functional groups attached to an aromatic ring is 1. The van der Waals surface area contributed by atoms with Crippen LogP contribution in [0.3, 0.4) is 0 Å². The van der Waals surface area contributed by atoms with Crippen molar-refractivity contribution in [1.82, 2.24) is 10.3 Å². The van der Waals surface area contributed by atoms with E-state index in [1.165, 1.54) is 11.3 Å². The first-order valence-corrected chi connectivity index (χ1v) is 6.89. The van der Waals surface area contributed by atoms with Crippen LogP contribution >= 0.6 is 11.3 Å². The first-order valence-electron chi connectivity index (χ1n) is 6.07. The van der Waals surface area contributed by atoms with Crippen molar-refractivity contribution in [3.63, 3.8) is 0 Å². The zero-order valence-electron chi connectivity index (χ0n) is 11.4. The van der Waals surface area contributed by atoms with E-state index in [0.29, 0.717) is 10.0 Å². The van der Waals surface area contributed by atoms with E-state index in [1.54, 1.807) is 0 Å². The number of ether oxygens (including phenoxy) is 1. The molecule has 8 nitrogen and oxygen atoms in total. The Kier molecular flexibility index (Phi) is 6.19. The summed E-state index contributed by atoms with van der Waals surface area (Å²) < 4.78 is 4.92. The molecule has 1 rings (SSSR count). The van der Waals surface area contributed by atoms with Gasteiger partial charge >= 0.3 is 0 Å². The first-order chi connectivity index (χ1) is 9.40. The standard InChI is InChI=1S/C11H19N5O3S/c1-6(2)15-11-16-9(13)8(20-11)10(18)14-3-4-19-5-7(12)17/h6H,3-5,13H2,1-2H3,(H2,12,17)(H,14,18)(H,15,16). The van der Waals surface area contributed by atoms with Gasteiger partial charge in [0.25, 0.3) is 5.91 Å². The third kappa shape index (κ3) is 5.41. The van der Waals surface area contributed by atoms with Gasteiger partial charge in [0.2, 0.25) is 5.91 Å². The lowest BCUT2D eigenvalue weighted by atomic mass is 10.4. The quantitative estimate of drug-likeness (QED) is 0.491. The van der Waals surface area contributed by atoms with Crippen molar-refractivity contribution in [2.75, 3.05) is 30.8 Å². The fourth-order valence-corrected chi connectivity index (χ4v) is 2.24. The van der Waals surface area contributed by atoms with Crippen molar-refractivity contribution >= 4 is 34.1 Å². The van der Waals surface area contributed by atoms with Gasteiger partial charge in [-0.15, -0.1) is 0 Å². The number of hydrogen-bond donors (Lipinski definition) is 4. The normalized spacial score (nSPS) is 10.6. The molecule has 0 fully saturated rings. The second-order valence-electron chi connectivity index (χ2n) is 4.31. The summed E-state index contributed by atoms with van der Waals surface area (Å²) in [6.07, 6.45) is 0. The molecule has 6 N–H and O–H groups in total. The fourth-order valence-electron chi connectivity index (χ4n) is 1.29. The maximum absolute atomic E-state index is 11.9. The summed E-state index contributed by atoms with van der Waals surface area (Å²) in [5.41, 5.74) is 10.6. The Morgan fingerprint density at radius 1 is 1.45 bits per heavy atom. The molecule has 2 amide bonds. The Labute approximate surface area is 120 Å². The lowest BCUT2D eigenvalue weighted by Crippen LogP contribution is -2.28. The molecule has 0 aliphatic carbocycles. The number of aromatic nitrogens is 1. The molecular formula is C11H19N5O3S. The van der Waals surface area contributed by atoms with Crippen LogP contribution in [-0.2, 0) is 9.53 Å². The molecule has 1 aromatic heterocycles. The molecule has 0 radical (unpaired) electrons. The smallest absolute Gasteiger partial charge is 0.265 e. The van der Waals surface area contributed by atoms with Crippen LogP contribution < -0.4 is 22.1 Å². The number of amides is 2. The predicted molar refractivity (Wildman–Crippen MR) is 77.6 cm³/mol. The molecule has 1 heterocycles. The van der Waals surface area contributed by atoms with E-state index < -0.39 is 5.91 Å². The highest BCUT2D eigenvalue weighted by atomic mass is 32.1. The van der Waals surface area contributed by atoms with Crippen molar-refractivity contribution in [1.29, 1.82) is 0 Å². The first kappa shape index (κ1) is 16.2. The number of carbonyl (C=O) groups excluding carboxylic acids is 2. The summed E-state index contributed by atoms with van der Waals surface area (Å²) in [6, 6.07) is 0.207. The van der Waals surface area contributed by atoms with Crippen molar-refractivity contribution in [2.45, 2.75) is 19.9 Å². The zero-order chi connectivity index (χ0) is 15.1. The number of nitrogens with two attached hydrogens (primary N) is 2. The zero-order valence-corrected chi connectivity index (χ0v) is 12.3. The number of nitrogens with zero attached hydrogens (tertiary/aromatic N) is 1. The van der Waals surface area contributed by atoms with Crippen LogP contribution in [0.15, 0.2) is 0 Å². The largest absolute Gasteiger partial charge is 0.382 e. The van der Waals surface area contributed by atoms with Crippen LogP contribution in [-0.4, -0.2) is 42.6 Å². The predicted octanol–water partition coefficient (Wildman–Crippen LogP) is -0.223. The molecule has 0 unspecified atom stereocenters. The second kappa shape index (κ2) is 7.65. The Balaban J connectivity index is 2.43. The van der Waals surface area contributed by atoms with Gasteiger partial charge in [-0.1, -0.05) is 11.3 Å². The minimum atomic E-state index is -0.549. The average Bonchev–Trinajstić information content (AvgIpc) is 2.68. The van der Waals surface area contributed by atoms with Crippen LogP contribution in [0, 0.1) is 0 Å². The van der Waals surface area contributed by atoms with Crippen LogP contribution in [0.5, 0.6) is 0 Å². The Morgan fingerprint density at radius 2 is 2.15 bits per heavy atom. The number of nitrogens with one attached hydrogen (secondary N) is 2. The van der Waals surface area contributed by atoms with E-state index in [1.807, 2.05) is 13.8 Å². The van der Waals surface area contributed by atoms with Gasteiger partial charge in [0.05, 0.1) is 6.61 Å². The van der Waals surface area contributed by atoms with Crippen LogP contribution in [0.25, 0.3) is 0 Å². The highest BCUT2D eigenvalue weighted by molar-refractivity contribution is 7.18. The van der Waals surface area contributed by atoms with Crippen LogP contribution in [0.2, 0.25) is 0 Å². The van der Waals surface area contributed by atoms with Gasteiger partial charge in [0.1, 0.15) is 17.3 Å². The highest BCUT2D eigenvalue weighted by Gasteiger charge is 2.16. The third-order valence-corrected chi connectivity index (χ3v) is 3.05. The minimum absolute atomic E-state index is 0.166.